The van der Waals surface area contributed by atoms with Gasteiger partial charge in [0.25, 0.3) is 0 Å². The summed E-state index contributed by atoms with van der Waals surface area (Å²) in [4.78, 5) is 13.1. The predicted molar refractivity (Wildman–Crippen MR) is 57.3 cm³/mol. The average Bonchev–Trinajstić information content (AvgIpc) is 2.20. The van der Waals surface area contributed by atoms with Crippen molar-refractivity contribution >= 4 is 5.91 Å². The maximum Gasteiger partial charge on any atom is 0.248 e. The molecule has 0 saturated heterocycles. The highest BCUT2D eigenvalue weighted by Gasteiger charge is 2.06. The standard InChI is InChI=1S/C10H22N2O2/c1-4-5-8-14-9-10(13)12(3)7-6-11-2/h11H,4-9H2,1-3H3. The summed E-state index contributed by atoms with van der Waals surface area (Å²) < 4.78 is 5.23. The Morgan fingerprint density at radius 1 is 1.50 bits per heavy atom. The number of ether oxygens (including phenoxy) is 1. The number of rotatable bonds is 8. The van der Waals surface area contributed by atoms with Crippen molar-refractivity contribution in [2.24, 2.45) is 0 Å². The molecule has 0 atom stereocenters. The number of carbonyl (C=O) groups is 1. The van der Waals surface area contributed by atoms with Gasteiger partial charge in [-0.15, -0.1) is 0 Å². The molecule has 0 fully saturated rings. The van der Waals surface area contributed by atoms with Crippen LogP contribution in [0.4, 0.5) is 0 Å². The van der Waals surface area contributed by atoms with E-state index in [-0.39, 0.29) is 12.5 Å². The summed E-state index contributed by atoms with van der Waals surface area (Å²) >= 11 is 0. The minimum atomic E-state index is 0.0522. The van der Waals surface area contributed by atoms with Gasteiger partial charge in [0, 0.05) is 26.7 Å². The minimum Gasteiger partial charge on any atom is -0.372 e. The van der Waals surface area contributed by atoms with E-state index >= 15 is 0 Å². The molecule has 0 aliphatic rings. The van der Waals surface area contributed by atoms with Gasteiger partial charge in [-0.25, -0.2) is 0 Å². The fourth-order valence-corrected chi connectivity index (χ4v) is 0.920. The van der Waals surface area contributed by atoms with Crippen LogP contribution in [0.5, 0.6) is 0 Å². The van der Waals surface area contributed by atoms with E-state index in [4.69, 9.17) is 4.74 Å². The van der Waals surface area contributed by atoms with Crippen LogP contribution in [-0.2, 0) is 9.53 Å². The molecular weight excluding hydrogens is 180 g/mol. The highest BCUT2D eigenvalue weighted by atomic mass is 16.5. The van der Waals surface area contributed by atoms with Crippen molar-refractivity contribution in [3.05, 3.63) is 0 Å². The fourth-order valence-electron chi connectivity index (χ4n) is 0.920. The van der Waals surface area contributed by atoms with Crippen LogP contribution >= 0.6 is 0 Å². The van der Waals surface area contributed by atoms with E-state index in [2.05, 4.69) is 12.2 Å². The van der Waals surface area contributed by atoms with Crippen molar-refractivity contribution in [2.45, 2.75) is 19.8 Å². The topological polar surface area (TPSA) is 41.6 Å². The van der Waals surface area contributed by atoms with Crippen LogP contribution in [-0.4, -0.2) is 51.2 Å². The maximum absolute atomic E-state index is 11.4. The Balaban J connectivity index is 3.42. The zero-order chi connectivity index (χ0) is 10.8. The zero-order valence-electron chi connectivity index (χ0n) is 9.51. The summed E-state index contributed by atoms with van der Waals surface area (Å²) in [6.07, 6.45) is 2.12. The molecule has 14 heavy (non-hydrogen) atoms. The molecule has 1 amide bonds. The second-order valence-electron chi connectivity index (χ2n) is 3.32. The van der Waals surface area contributed by atoms with Crippen molar-refractivity contribution < 1.29 is 9.53 Å². The van der Waals surface area contributed by atoms with Crippen molar-refractivity contribution in [1.29, 1.82) is 0 Å². The van der Waals surface area contributed by atoms with E-state index < -0.39 is 0 Å². The molecule has 0 heterocycles. The van der Waals surface area contributed by atoms with Crippen LogP contribution < -0.4 is 5.32 Å². The van der Waals surface area contributed by atoms with Gasteiger partial charge in [0.1, 0.15) is 6.61 Å². The third-order valence-electron chi connectivity index (χ3n) is 1.99. The van der Waals surface area contributed by atoms with Crippen LogP contribution in [0, 0.1) is 0 Å². The molecule has 0 rings (SSSR count). The Hall–Kier alpha value is -0.610. The number of carbonyl (C=O) groups excluding carboxylic acids is 1. The second kappa shape index (κ2) is 8.97. The summed E-state index contributed by atoms with van der Waals surface area (Å²) in [7, 11) is 3.67. The smallest absolute Gasteiger partial charge is 0.248 e. The van der Waals surface area contributed by atoms with Gasteiger partial charge in [0.15, 0.2) is 0 Å². The van der Waals surface area contributed by atoms with Crippen molar-refractivity contribution in [1.82, 2.24) is 10.2 Å². The first-order chi connectivity index (χ1) is 6.72. The SMILES string of the molecule is CCCCOCC(=O)N(C)CCNC. The molecule has 0 aliphatic heterocycles. The molecule has 0 unspecified atom stereocenters. The Morgan fingerprint density at radius 3 is 2.79 bits per heavy atom. The molecule has 0 bridgehead atoms. The van der Waals surface area contributed by atoms with E-state index in [0.717, 1.165) is 25.9 Å². The lowest BCUT2D eigenvalue weighted by Crippen LogP contribution is -2.35. The summed E-state index contributed by atoms with van der Waals surface area (Å²) in [5.41, 5.74) is 0. The van der Waals surface area contributed by atoms with E-state index in [1.54, 1.807) is 11.9 Å². The molecular formula is C10H22N2O2. The first kappa shape index (κ1) is 13.4. The van der Waals surface area contributed by atoms with Gasteiger partial charge in [-0.05, 0) is 13.5 Å². The van der Waals surface area contributed by atoms with Crippen molar-refractivity contribution in [2.75, 3.05) is 40.4 Å². The second-order valence-corrected chi connectivity index (χ2v) is 3.32. The lowest BCUT2D eigenvalue weighted by atomic mass is 10.4. The van der Waals surface area contributed by atoms with E-state index in [1.807, 2.05) is 7.05 Å². The van der Waals surface area contributed by atoms with Gasteiger partial charge in [-0.3, -0.25) is 4.79 Å². The van der Waals surface area contributed by atoms with Crippen LogP contribution in [0.1, 0.15) is 19.8 Å². The van der Waals surface area contributed by atoms with Crippen LogP contribution in [0.15, 0.2) is 0 Å². The highest BCUT2D eigenvalue weighted by Crippen LogP contribution is 1.90. The lowest BCUT2D eigenvalue weighted by Gasteiger charge is -2.16. The molecule has 4 heteroatoms. The molecule has 0 aliphatic carbocycles. The number of nitrogens with one attached hydrogen (secondary N) is 1. The molecule has 0 aromatic rings. The lowest BCUT2D eigenvalue weighted by molar-refractivity contribution is -0.134. The van der Waals surface area contributed by atoms with E-state index in [1.165, 1.54) is 0 Å². The summed E-state index contributed by atoms with van der Waals surface area (Å²) in [5, 5.41) is 3.00. The van der Waals surface area contributed by atoms with E-state index in [9.17, 15) is 4.79 Å². The van der Waals surface area contributed by atoms with Gasteiger partial charge < -0.3 is 15.0 Å². The van der Waals surface area contributed by atoms with Gasteiger partial charge in [0.05, 0.1) is 0 Å². The molecule has 0 aromatic heterocycles. The largest absolute Gasteiger partial charge is 0.372 e. The molecule has 4 nitrogen and oxygen atoms in total. The molecule has 84 valence electrons. The zero-order valence-corrected chi connectivity index (χ0v) is 9.51. The Morgan fingerprint density at radius 2 is 2.21 bits per heavy atom. The van der Waals surface area contributed by atoms with Gasteiger partial charge in [0.2, 0.25) is 5.91 Å². The normalized spacial score (nSPS) is 10.2. The number of amides is 1. The van der Waals surface area contributed by atoms with Crippen LogP contribution in [0.3, 0.4) is 0 Å². The highest BCUT2D eigenvalue weighted by molar-refractivity contribution is 5.77. The Bertz CT molecular complexity index is 151. The monoisotopic (exact) mass is 202 g/mol. The third kappa shape index (κ3) is 6.86. The quantitative estimate of drug-likeness (QED) is 0.582. The summed E-state index contributed by atoms with van der Waals surface area (Å²) in [6.45, 7) is 4.54. The average molecular weight is 202 g/mol. The first-order valence-electron chi connectivity index (χ1n) is 5.18. The minimum absolute atomic E-state index is 0.0522. The molecule has 0 spiro atoms. The van der Waals surface area contributed by atoms with E-state index in [0.29, 0.717) is 6.61 Å². The molecule has 0 aromatic carbocycles. The van der Waals surface area contributed by atoms with Crippen molar-refractivity contribution in [3.8, 4) is 0 Å². The number of nitrogens with zero attached hydrogens (tertiary/aromatic N) is 1. The van der Waals surface area contributed by atoms with Crippen LogP contribution in [0.2, 0.25) is 0 Å². The predicted octanol–water partition coefficient (Wildman–Crippen LogP) is 0.481. The summed E-state index contributed by atoms with van der Waals surface area (Å²) in [6, 6.07) is 0. The molecule has 0 saturated carbocycles. The van der Waals surface area contributed by atoms with Gasteiger partial charge in [-0.2, -0.15) is 0 Å². The number of unbranched alkanes of at least 4 members (excludes halogenated alkanes) is 1. The number of hydrogen-bond acceptors (Lipinski definition) is 3. The van der Waals surface area contributed by atoms with Gasteiger partial charge in [-0.1, -0.05) is 13.3 Å². The third-order valence-corrected chi connectivity index (χ3v) is 1.99. The summed E-state index contributed by atoms with van der Waals surface area (Å²) in [5.74, 6) is 0.0522. The van der Waals surface area contributed by atoms with Crippen molar-refractivity contribution in [3.63, 3.8) is 0 Å². The maximum atomic E-state index is 11.4. The number of hydrogen-bond donors (Lipinski definition) is 1. The first-order valence-corrected chi connectivity index (χ1v) is 5.18. The fraction of sp³-hybridized carbons (Fsp3) is 0.900. The Labute approximate surface area is 86.6 Å². The van der Waals surface area contributed by atoms with Crippen LogP contribution in [0.25, 0.3) is 0 Å². The Kier molecular flexibility index (Phi) is 8.57. The number of likely N-dealkylation sites (N-methyl/N-ethyl adjacent to an activating group) is 2. The molecule has 1 N–H and O–H groups in total. The van der Waals surface area contributed by atoms with Gasteiger partial charge >= 0.3 is 0 Å². The molecule has 0 radical (unpaired) electrons.